The van der Waals surface area contributed by atoms with Gasteiger partial charge < -0.3 is 10.6 Å². The Morgan fingerprint density at radius 3 is 2.36 bits per heavy atom. The highest BCUT2D eigenvalue weighted by atomic mass is 16.2. The van der Waals surface area contributed by atoms with E-state index in [0.717, 1.165) is 12.3 Å². The van der Waals surface area contributed by atoms with Crippen molar-refractivity contribution >= 4 is 6.03 Å². The molecule has 0 spiro atoms. The fraction of sp³-hybridized carbons (Fsp3) is 0.909. The summed E-state index contributed by atoms with van der Waals surface area (Å²) in [7, 11) is 0. The second-order valence-corrected chi connectivity index (χ2v) is 4.23. The molecule has 2 N–H and O–H groups in total. The van der Waals surface area contributed by atoms with Gasteiger partial charge in [0.2, 0.25) is 0 Å². The predicted molar refractivity (Wildman–Crippen MR) is 60.4 cm³/mol. The van der Waals surface area contributed by atoms with E-state index in [4.69, 9.17) is 0 Å². The number of hydrogen-bond donors (Lipinski definition) is 2. The highest BCUT2D eigenvalue weighted by molar-refractivity contribution is 5.73. The normalized spacial score (nSPS) is 12.6. The fourth-order valence-corrected chi connectivity index (χ4v) is 1.34. The van der Waals surface area contributed by atoms with Crippen LogP contribution in [0.3, 0.4) is 0 Å². The Morgan fingerprint density at radius 2 is 1.86 bits per heavy atom. The third kappa shape index (κ3) is 7.90. The maximum atomic E-state index is 11.1. The number of carbonyl (C=O) groups is 1. The Morgan fingerprint density at radius 1 is 1.21 bits per heavy atom. The molecule has 0 aliphatic carbocycles. The van der Waals surface area contributed by atoms with Crippen LogP contribution in [-0.2, 0) is 0 Å². The number of hydrogen-bond acceptors (Lipinski definition) is 1. The molecule has 0 saturated carbocycles. The van der Waals surface area contributed by atoms with Gasteiger partial charge in [-0.3, -0.25) is 0 Å². The number of nitrogens with one attached hydrogen (secondary N) is 2. The second-order valence-electron chi connectivity index (χ2n) is 4.23. The third-order valence-electron chi connectivity index (χ3n) is 2.13. The molecule has 0 radical (unpaired) electrons. The van der Waals surface area contributed by atoms with E-state index in [9.17, 15) is 4.79 Å². The van der Waals surface area contributed by atoms with Crippen molar-refractivity contribution in [2.75, 3.05) is 6.54 Å². The first-order valence-electron chi connectivity index (χ1n) is 5.60. The average Bonchev–Trinajstić information content (AvgIpc) is 2.03. The molecule has 0 heterocycles. The van der Waals surface area contributed by atoms with Crippen molar-refractivity contribution in [1.29, 1.82) is 0 Å². The molecule has 0 aromatic carbocycles. The molecule has 0 aliphatic heterocycles. The van der Waals surface area contributed by atoms with Crippen LogP contribution >= 0.6 is 0 Å². The standard InChI is InChI=1S/C11H24N2O/c1-5-12-11(14)13-10(4)8-6-7-9(2)3/h9-10H,5-8H2,1-4H3,(H2,12,13,14)/t10-/m1/s1. The van der Waals surface area contributed by atoms with Crippen LogP contribution in [0.2, 0.25) is 0 Å². The van der Waals surface area contributed by atoms with Gasteiger partial charge in [-0.05, 0) is 26.2 Å². The smallest absolute Gasteiger partial charge is 0.314 e. The van der Waals surface area contributed by atoms with E-state index in [1.807, 2.05) is 6.92 Å². The minimum absolute atomic E-state index is 0.0513. The zero-order valence-electron chi connectivity index (χ0n) is 9.89. The molecule has 2 amide bonds. The molecule has 0 fully saturated rings. The van der Waals surface area contributed by atoms with Crippen molar-refractivity contribution in [1.82, 2.24) is 10.6 Å². The van der Waals surface area contributed by atoms with Crippen LogP contribution in [0.15, 0.2) is 0 Å². The van der Waals surface area contributed by atoms with Crippen molar-refractivity contribution in [3.8, 4) is 0 Å². The summed E-state index contributed by atoms with van der Waals surface area (Å²) in [5, 5.41) is 5.63. The fourth-order valence-electron chi connectivity index (χ4n) is 1.34. The van der Waals surface area contributed by atoms with E-state index in [1.54, 1.807) is 0 Å². The van der Waals surface area contributed by atoms with Gasteiger partial charge in [-0.2, -0.15) is 0 Å². The maximum absolute atomic E-state index is 11.1. The first-order valence-corrected chi connectivity index (χ1v) is 5.60. The van der Waals surface area contributed by atoms with Crippen molar-refractivity contribution in [3.05, 3.63) is 0 Å². The third-order valence-corrected chi connectivity index (χ3v) is 2.13. The van der Waals surface area contributed by atoms with Crippen molar-refractivity contribution < 1.29 is 4.79 Å². The van der Waals surface area contributed by atoms with Crippen LogP contribution in [0.5, 0.6) is 0 Å². The lowest BCUT2D eigenvalue weighted by Crippen LogP contribution is -2.40. The Hall–Kier alpha value is -0.730. The van der Waals surface area contributed by atoms with Gasteiger partial charge in [-0.25, -0.2) is 4.79 Å². The number of carbonyl (C=O) groups excluding carboxylic acids is 1. The molecule has 0 aliphatic rings. The molecule has 0 bridgehead atoms. The largest absolute Gasteiger partial charge is 0.338 e. The maximum Gasteiger partial charge on any atom is 0.314 e. The number of rotatable bonds is 6. The van der Waals surface area contributed by atoms with E-state index in [2.05, 4.69) is 31.4 Å². The summed E-state index contributed by atoms with van der Waals surface area (Å²) in [6, 6.07) is 0.227. The molecule has 3 nitrogen and oxygen atoms in total. The molecule has 14 heavy (non-hydrogen) atoms. The van der Waals surface area contributed by atoms with Crippen molar-refractivity contribution in [3.63, 3.8) is 0 Å². The lowest BCUT2D eigenvalue weighted by Gasteiger charge is -2.14. The first kappa shape index (κ1) is 13.3. The minimum atomic E-state index is -0.0513. The molecule has 0 aromatic heterocycles. The average molecular weight is 200 g/mol. The molecule has 0 saturated heterocycles. The molecule has 0 aromatic rings. The SMILES string of the molecule is CCNC(=O)N[C@H](C)CCCC(C)C. The van der Waals surface area contributed by atoms with Gasteiger partial charge in [-0.1, -0.05) is 26.7 Å². The van der Waals surface area contributed by atoms with Crippen LogP contribution in [0, 0.1) is 5.92 Å². The highest BCUT2D eigenvalue weighted by Crippen LogP contribution is 2.07. The van der Waals surface area contributed by atoms with E-state index < -0.39 is 0 Å². The van der Waals surface area contributed by atoms with Crippen LogP contribution in [0.25, 0.3) is 0 Å². The number of urea groups is 1. The Labute approximate surface area is 87.6 Å². The Bertz CT molecular complexity index is 157. The zero-order chi connectivity index (χ0) is 11.0. The van der Waals surface area contributed by atoms with Gasteiger partial charge in [0.05, 0.1) is 0 Å². The molecular formula is C11H24N2O. The molecule has 0 rings (SSSR count). The Kier molecular flexibility index (Phi) is 7.25. The molecule has 3 heteroatoms. The quantitative estimate of drug-likeness (QED) is 0.679. The van der Waals surface area contributed by atoms with Crippen molar-refractivity contribution in [2.45, 2.75) is 53.0 Å². The van der Waals surface area contributed by atoms with Gasteiger partial charge >= 0.3 is 6.03 Å². The highest BCUT2D eigenvalue weighted by Gasteiger charge is 2.05. The van der Waals surface area contributed by atoms with Gasteiger partial charge in [0.15, 0.2) is 0 Å². The monoisotopic (exact) mass is 200 g/mol. The first-order chi connectivity index (χ1) is 6.56. The zero-order valence-corrected chi connectivity index (χ0v) is 9.89. The molecule has 84 valence electrons. The van der Waals surface area contributed by atoms with Crippen LogP contribution < -0.4 is 10.6 Å². The summed E-state index contributed by atoms with van der Waals surface area (Å²) in [5.74, 6) is 0.756. The summed E-state index contributed by atoms with van der Waals surface area (Å²) in [5.41, 5.74) is 0. The lowest BCUT2D eigenvalue weighted by atomic mass is 10.0. The van der Waals surface area contributed by atoms with Crippen molar-refractivity contribution in [2.24, 2.45) is 5.92 Å². The summed E-state index contributed by atoms with van der Waals surface area (Å²) in [6.45, 7) is 9.10. The van der Waals surface area contributed by atoms with E-state index in [0.29, 0.717) is 6.54 Å². The van der Waals surface area contributed by atoms with Crippen LogP contribution in [0.1, 0.15) is 47.0 Å². The van der Waals surface area contributed by atoms with Crippen LogP contribution in [-0.4, -0.2) is 18.6 Å². The minimum Gasteiger partial charge on any atom is -0.338 e. The van der Waals surface area contributed by atoms with Crippen LogP contribution in [0.4, 0.5) is 4.79 Å². The molecule has 1 atom stereocenters. The van der Waals surface area contributed by atoms with Gasteiger partial charge in [0, 0.05) is 12.6 Å². The molecule has 0 unspecified atom stereocenters. The van der Waals surface area contributed by atoms with Gasteiger partial charge in [0.1, 0.15) is 0 Å². The summed E-state index contributed by atoms with van der Waals surface area (Å²) in [6.07, 6.45) is 3.49. The summed E-state index contributed by atoms with van der Waals surface area (Å²) >= 11 is 0. The summed E-state index contributed by atoms with van der Waals surface area (Å²) < 4.78 is 0. The van der Waals surface area contributed by atoms with E-state index >= 15 is 0 Å². The van der Waals surface area contributed by atoms with Gasteiger partial charge in [-0.15, -0.1) is 0 Å². The molecular weight excluding hydrogens is 176 g/mol. The van der Waals surface area contributed by atoms with E-state index in [-0.39, 0.29) is 12.1 Å². The number of amides is 2. The Balaban J connectivity index is 3.44. The topological polar surface area (TPSA) is 41.1 Å². The second kappa shape index (κ2) is 7.65. The summed E-state index contributed by atoms with van der Waals surface area (Å²) in [4.78, 5) is 11.1. The van der Waals surface area contributed by atoms with E-state index in [1.165, 1.54) is 12.8 Å². The predicted octanol–water partition coefficient (Wildman–Crippen LogP) is 2.52. The lowest BCUT2D eigenvalue weighted by molar-refractivity contribution is 0.237. The van der Waals surface area contributed by atoms with Gasteiger partial charge in [0.25, 0.3) is 0 Å².